The molecule has 1 aliphatic heterocycles. The second-order valence-electron chi connectivity index (χ2n) is 6.33. The highest BCUT2D eigenvalue weighted by molar-refractivity contribution is 6.30. The summed E-state index contributed by atoms with van der Waals surface area (Å²) in [5.74, 6) is -0.837. The van der Waals surface area contributed by atoms with E-state index in [-0.39, 0.29) is 0 Å². The van der Waals surface area contributed by atoms with Crippen molar-refractivity contribution in [1.82, 2.24) is 10.2 Å². The van der Waals surface area contributed by atoms with E-state index in [0.717, 1.165) is 4.90 Å². The Morgan fingerprint density at radius 3 is 2.52 bits per heavy atom. The maximum Gasteiger partial charge on any atom is 0.331 e. The Balaban J connectivity index is 1.78. The van der Waals surface area contributed by atoms with Gasteiger partial charge in [0, 0.05) is 5.02 Å². The lowest BCUT2D eigenvalue weighted by Gasteiger charge is -2.25. The molecular formula is C20H19ClN2O4. The summed E-state index contributed by atoms with van der Waals surface area (Å²) in [6.45, 7) is 3.09. The van der Waals surface area contributed by atoms with Crippen LogP contribution < -0.4 is 10.1 Å². The second-order valence-corrected chi connectivity index (χ2v) is 6.77. The van der Waals surface area contributed by atoms with Gasteiger partial charge in [0.25, 0.3) is 5.91 Å². The third-order valence-electron chi connectivity index (χ3n) is 4.62. The zero-order chi connectivity index (χ0) is 19.6. The topological polar surface area (TPSA) is 75.7 Å². The van der Waals surface area contributed by atoms with Gasteiger partial charge in [0.1, 0.15) is 17.8 Å². The number of urea groups is 1. The minimum atomic E-state index is -1.17. The summed E-state index contributed by atoms with van der Waals surface area (Å²) in [4.78, 5) is 38.6. The molecule has 1 unspecified atom stereocenters. The normalized spacial score (nSPS) is 19.1. The van der Waals surface area contributed by atoms with E-state index >= 15 is 0 Å². The molecule has 1 fully saturated rings. The number of esters is 1. The Hall–Kier alpha value is -2.86. The van der Waals surface area contributed by atoms with Gasteiger partial charge in [-0.25, -0.2) is 9.59 Å². The highest BCUT2D eigenvalue weighted by atomic mass is 35.5. The molecule has 3 rings (SSSR count). The molecule has 2 aromatic carbocycles. The van der Waals surface area contributed by atoms with Gasteiger partial charge in [-0.3, -0.25) is 9.69 Å². The van der Waals surface area contributed by atoms with E-state index < -0.39 is 30.0 Å². The lowest BCUT2D eigenvalue weighted by molar-refractivity contribution is -0.141. The van der Waals surface area contributed by atoms with Crippen molar-refractivity contribution in [3.63, 3.8) is 0 Å². The quantitative estimate of drug-likeness (QED) is 0.485. The number of halogens is 1. The Labute approximate surface area is 162 Å². The van der Waals surface area contributed by atoms with Crippen molar-refractivity contribution in [3.05, 3.63) is 64.7 Å². The van der Waals surface area contributed by atoms with Gasteiger partial charge in [0.05, 0.1) is 0 Å². The standard InChI is InChI=1S/C20H19ClN2O4/c1-3-20(14-7-5-4-6-8-14)18(25)23(19(26)22-20)12-17(24)27-16-10-9-15(21)11-13(16)2/h4-11H,3,12H2,1-2H3,(H,22,26). The molecule has 1 atom stereocenters. The van der Waals surface area contributed by atoms with Crippen molar-refractivity contribution in [2.45, 2.75) is 25.8 Å². The Bertz CT molecular complexity index is 900. The number of rotatable bonds is 5. The number of imide groups is 1. The van der Waals surface area contributed by atoms with Gasteiger partial charge in [-0.15, -0.1) is 0 Å². The first kappa shape index (κ1) is 18.9. The van der Waals surface area contributed by atoms with Crippen LogP contribution in [0.2, 0.25) is 5.02 Å². The number of nitrogens with one attached hydrogen (secondary N) is 1. The number of carbonyl (C=O) groups is 3. The van der Waals surface area contributed by atoms with Crippen LogP contribution in [-0.4, -0.2) is 29.4 Å². The predicted octanol–water partition coefficient (Wildman–Crippen LogP) is 3.41. The zero-order valence-corrected chi connectivity index (χ0v) is 15.7. The number of amides is 3. The molecule has 27 heavy (non-hydrogen) atoms. The molecule has 1 aliphatic rings. The van der Waals surface area contributed by atoms with Crippen LogP contribution in [0.1, 0.15) is 24.5 Å². The largest absolute Gasteiger partial charge is 0.425 e. The number of benzene rings is 2. The molecule has 0 bridgehead atoms. The molecule has 3 amide bonds. The number of ether oxygens (including phenoxy) is 1. The van der Waals surface area contributed by atoms with Crippen LogP contribution in [0.15, 0.2) is 48.5 Å². The van der Waals surface area contributed by atoms with E-state index in [9.17, 15) is 14.4 Å². The maximum atomic E-state index is 13.0. The number of aryl methyl sites for hydroxylation is 1. The Morgan fingerprint density at radius 2 is 1.89 bits per heavy atom. The van der Waals surface area contributed by atoms with Crippen LogP contribution in [0, 0.1) is 6.92 Å². The van der Waals surface area contributed by atoms with Gasteiger partial charge in [0.15, 0.2) is 0 Å². The molecule has 7 heteroatoms. The second kappa shape index (κ2) is 7.40. The fraction of sp³-hybridized carbons (Fsp3) is 0.250. The van der Waals surface area contributed by atoms with Crippen molar-refractivity contribution in [2.75, 3.05) is 6.54 Å². The van der Waals surface area contributed by atoms with E-state index in [0.29, 0.717) is 28.3 Å². The van der Waals surface area contributed by atoms with Crippen LogP contribution >= 0.6 is 11.6 Å². The Morgan fingerprint density at radius 1 is 1.19 bits per heavy atom. The first-order chi connectivity index (χ1) is 12.9. The smallest absolute Gasteiger partial charge is 0.331 e. The fourth-order valence-electron chi connectivity index (χ4n) is 3.14. The van der Waals surface area contributed by atoms with E-state index in [2.05, 4.69) is 5.32 Å². The molecule has 6 nitrogen and oxygen atoms in total. The van der Waals surface area contributed by atoms with Crippen LogP contribution in [-0.2, 0) is 15.1 Å². The van der Waals surface area contributed by atoms with Gasteiger partial charge in [0.2, 0.25) is 0 Å². The van der Waals surface area contributed by atoms with E-state index in [1.807, 2.05) is 13.0 Å². The van der Waals surface area contributed by atoms with Gasteiger partial charge in [-0.2, -0.15) is 0 Å². The van der Waals surface area contributed by atoms with Crippen molar-refractivity contribution >= 4 is 29.5 Å². The molecular weight excluding hydrogens is 368 g/mol. The predicted molar refractivity (Wildman–Crippen MR) is 100 cm³/mol. The molecule has 2 aromatic rings. The number of carbonyl (C=O) groups excluding carboxylic acids is 3. The van der Waals surface area contributed by atoms with Crippen LogP contribution in [0.25, 0.3) is 0 Å². The average molecular weight is 387 g/mol. The number of hydrogen-bond acceptors (Lipinski definition) is 4. The van der Waals surface area contributed by atoms with Crippen molar-refractivity contribution in [2.24, 2.45) is 0 Å². The molecule has 0 aliphatic carbocycles. The molecule has 140 valence electrons. The summed E-state index contributed by atoms with van der Waals surface area (Å²) in [6, 6.07) is 13.2. The number of nitrogens with zero attached hydrogens (tertiary/aromatic N) is 1. The highest BCUT2D eigenvalue weighted by Gasteiger charge is 2.51. The van der Waals surface area contributed by atoms with Crippen molar-refractivity contribution in [3.8, 4) is 5.75 Å². The Kier molecular flexibility index (Phi) is 5.19. The fourth-order valence-corrected chi connectivity index (χ4v) is 3.37. The summed E-state index contributed by atoms with van der Waals surface area (Å²) in [7, 11) is 0. The molecule has 0 spiro atoms. The summed E-state index contributed by atoms with van der Waals surface area (Å²) in [5, 5.41) is 3.26. The summed E-state index contributed by atoms with van der Waals surface area (Å²) < 4.78 is 5.29. The molecule has 1 N–H and O–H groups in total. The van der Waals surface area contributed by atoms with Gasteiger partial charge in [-0.1, -0.05) is 48.9 Å². The minimum absolute atomic E-state index is 0.335. The monoisotopic (exact) mass is 386 g/mol. The van der Waals surface area contributed by atoms with Gasteiger partial charge >= 0.3 is 12.0 Å². The summed E-state index contributed by atoms with van der Waals surface area (Å²) in [6.07, 6.45) is 0.365. The number of hydrogen-bond donors (Lipinski definition) is 1. The van der Waals surface area contributed by atoms with Crippen LogP contribution in [0.5, 0.6) is 5.75 Å². The summed E-state index contributed by atoms with van der Waals surface area (Å²) in [5.41, 5.74) is 0.185. The van der Waals surface area contributed by atoms with E-state index in [1.165, 1.54) is 0 Å². The molecule has 0 saturated carbocycles. The van der Waals surface area contributed by atoms with Crippen molar-refractivity contribution in [1.29, 1.82) is 0 Å². The summed E-state index contributed by atoms with van der Waals surface area (Å²) >= 11 is 5.89. The highest BCUT2D eigenvalue weighted by Crippen LogP contribution is 2.32. The molecule has 0 radical (unpaired) electrons. The first-order valence-electron chi connectivity index (χ1n) is 8.54. The van der Waals surface area contributed by atoms with Gasteiger partial charge < -0.3 is 10.1 Å². The zero-order valence-electron chi connectivity index (χ0n) is 15.0. The molecule has 0 aromatic heterocycles. The molecule has 1 saturated heterocycles. The van der Waals surface area contributed by atoms with Crippen LogP contribution in [0.3, 0.4) is 0 Å². The first-order valence-corrected chi connectivity index (χ1v) is 8.91. The van der Waals surface area contributed by atoms with Gasteiger partial charge in [-0.05, 0) is 42.7 Å². The van der Waals surface area contributed by atoms with E-state index in [1.54, 1.807) is 49.4 Å². The van der Waals surface area contributed by atoms with E-state index in [4.69, 9.17) is 16.3 Å². The maximum absolute atomic E-state index is 13.0. The lowest BCUT2D eigenvalue weighted by Crippen LogP contribution is -2.44. The lowest BCUT2D eigenvalue weighted by atomic mass is 9.87. The third-order valence-corrected chi connectivity index (χ3v) is 4.86. The minimum Gasteiger partial charge on any atom is -0.425 e. The third kappa shape index (κ3) is 3.53. The SMILES string of the molecule is CCC1(c2ccccc2)NC(=O)N(CC(=O)Oc2ccc(Cl)cc2C)C1=O. The molecule has 1 heterocycles. The van der Waals surface area contributed by atoms with Crippen LogP contribution in [0.4, 0.5) is 4.79 Å². The van der Waals surface area contributed by atoms with Crippen molar-refractivity contribution < 1.29 is 19.1 Å². The average Bonchev–Trinajstić information content (AvgIpc) is 2.90.